The predicted octanol–water partition coefficient (Wildman–Crippen LogP) is 4.30. The van der Waals surface area contributed by atoms with Gasteiger partial charge in [0, 0.05) is 5.56 Å². The van der Waals surface area contributed by atoms with E-state index in [1.54, 1.807) is 24.3 Å². The smallest absolute Gasteiger partial charge is 0.335 e. The van der Waals surface area contributed by atoms with Gasteiger partial charge in [-0.3, -0.25) is 5.43 Å². The second-order valence-corrected chi connectivity index (χ2v) is 4.28. The number of aryl methyl sites for hydroxylation is 1. The van der Waals surface area contributed by atoms with E-state index in [-0.39, 0.29) is 11.4 Å². The van der Waals surface area contributed by atoms with Crippen molar-refractivity contribution in [1.82, 2.24) is 0 Å². The number of aromatic carboxylic acids is 1. The standard InChI is InChI=1S/C15H13FN2O2.C2H6/c1-10-2-7-14(16)12(8-10)9-17-18-13-5-3-11(4-6-13)15(19)20;1-2/h2-9,18H,1H3,(H,19,20);1-2H3/b17-9+;. The van der Waals surface area contributed by atoms with Crippen LogP contribution in [0.1, 0.15) is 35.3 Å². The van der Waals surface area contributed by atoms with E-state index < -0.39 is 5.97 Å². The molecular formula is C17H19FN2O2. The number of anilines is 1. The average molecular weight is 302 g/mol. The van der Waals surface area contributed by atoms with Gasteiger partial charge in [0.25, 0.3) is 0 Å². The van der Waals surface area contributed by atoms with Crippen LogP contribution in [0, 0.1) is 12.7 Å². The van der Waals surface area contributed by atoms with Crippen molar-refractivity contribution in [2.45, 2.75) is 20.8 Å². The molecule has 4 nitrogen and oxygen atoms in total. The van der Waals surface area contributed by atoms with Gasteiger partial charge in [0.05, 0.1) is 17.5 Å². The maximum absolute atomic E-state index is 13.5. The third-order valence-electron chi connectivity index (χ3n) is 2.68. The quantitative estimate of drug-likeness (QED) is 0.653. The van der Waals surface area contributed by atoms with Crippen LogP contribution in [0.5, 0.6) is 0 Å². The summed E-state index contributed by atoms with van der Waals surface area (Å²) in [5, 5.41) is 12.7. The van der Waals surface area contributed by atoms with Crippen molar-refractivity contribution in [2.75, 3.05) is 5.43 Å². The van der Waals surface area contributed by atoms with Crippen molar-refractivity contribution < 1.29 is 14.3 Å². The van der Waals surface area contributed by atoms with Crippen LogP contribution in [0.15, 0.2) is 47.6 Å². The highest BCUT2D eigenvalue weighted by atomic mass is 19.1. The number of nitrogens with zero attached hydrogens (tertiary/aromatic N) is 1. The number of nitrogens with one attached hydrogen (secondary N) is 1. The monoisotopic (exact) mass is 302 g/mol. The van der Waals surface area contributed by atoms with Gasteiger partial charge in [0.2, 0.25) is 0 Å². The minimum Gasteiger partial charge on any atom is -0.478 e. The van der Waals surface area contributed by atoms with E-state index in [1.807, 2.05) is 20.8 Å². The normalized spacial score (nSPS) is 10.0. The van der Waals surface area contributed by atoms with Crippen molar-refractivity contribution in [2.24, 2.45) is 5.10 Å². The minimum absolute atomic E-state index is 0.198. The third kappa shape index (κ3) is 5.01. The van der Waals surface area contributed by atoms with Crippen LogP contribution in [0.3, 0.4) is 0 Å². The van der Waals surface area contributed by atoms with E-state index in [9.17, 15) is 9.18 Å². The van der Waals surface area contributed by atoms with Gasteiger partial charge in [0.15, 0.2) is 0 Å². The number of carboxylic acid groups (broad SMARTS) is 1. The van der Waals surface area contributed by atoms with E-state index in [0.29, 0.717) is 11.3 Å². The third-order valence-corrected chi connectivity index (χ3v) is 2.68. The Bertz CT molecular complexity index is 652. The zero-order valence-corrected chi connectivity index (χ0v) is 12.8. The molecule has 0 spiro atoms. The molecule has 0 radical (unpaired) electrons. The Balaban J connectivity index is 0.00000116. The highest BCUT2D eigenvalue weighted by molar-refractivity contribution is 5.88. The van der Waals surface area contributed by atoms with Gasteiger partial charge in [-0.25, -0.2) is 9.18 Å². The summed E-state index contributed by atoms with van der Waals surface area (Å²) in [6.45, 7) is 5.87. The van der Waals surface area contributed by atoms with Crippen LogP contribution >= 0.6 is 0 Å². The fraction of sp³-hybridized carbons (Fsp3) is 0.176. The summed E-state index contributed by atoms with van der Waals surface area (Å²) in [5.74, 6) is -1.33. The lowest BCUT2D eigenvalue weighted by Crippen LogP contribution is -1.97. The van der Waals surface area contributed by atoms with E-state index >= 15 is 0 Å². The van der Waals surface area contributed by atoms with Gasteiger partial charge in [0.1, 0.15) is 5.82 Å². The van der Waals surface area contributed by atoms with Gasteiger partial charge in [-0.2, -0.15) is 5.10 Å². The highest BCUT2D eigenvalue weighted by Gasteiger charge is 2.01. The largest absolute Gasteiger partial charge is 0.478 e. The Kier molecular flexibility index (Phi) is 6.76. The molecule has 0 aliphatic rings. The van der Waals surface area contributed by atoms with Gasteiger partial charge in [-0.15, -0.1) is 0 Å². The van der Waals surface area contributed by atoms with Crippen molar-refractivity contribution in [3.63, 3.8) is 0 Å². The molecule has 0 aliphatic carbocycles. The summed E-state index contributed by atoms with van der Waals surface area (Å²) in [6, 6.07) is 10.9. The van der Waals surface area contributed by atoms with Crippen LogP contribution in [-0.2, 0) is 0 Å². The molecule has 0 saturated heterocycles. The SMILES string of the molecule is CC.Cc1ccc(F)c(/C=N/Nc2ccc(C(=O)O)cc2)c1. The van der Waals surface area contributed by atoms with E-state index in [2.05, 4.69) is 10.5 Å². The summed E-state index contributed by atoms with van der Waals surface area (Å²) < 4.78 is 13.5. The number of hydrazone groups is 1. The molecule has 2 N–H and O–H groups in total. The second kappa shape index (κ2) is 8.56. The summed E-state index contributed by atoms with van der Waals surface area (Å²) in [5.41, 5.74) is 4.87. The maximum Gasteiger partial charge on any atom is 0.335 e. The number of benzene rings is 2. The molecular weight excluding hydrogens is 283 g/mol. The first-order valence-corrected chi connectivity index (χ1v) is 6.95. The molecule has 0 heterocycles. The Morgan fingerprint density at radius 2 is 1.82 bits per heavy atom. The Hall–Kier alpha value is -2.69. The highest BCUT2D eigenvalue weighted by Crippen LogP contribution is 2.10. The summed E-state index contributed by atoms with van der Waals surface area (Å²) in [6.07, 6.45) is 1.38. The number of hydrogen-bond donors (Lipinski definition) is 2. The molecule has 2 aromatic rings. The summed E-state index contributed by atoms with van der Waals surface area (Å²) in [4.78, 5) is 10.7. The number of carbonyl (C=O) groups is 1. The number of rotatable bonds is 4. The molecule has 0 saturated carbocycles. The molecule has 2 aromatic carbocycles. The van der Waals surface area contributed by atoms with Crippen molar-refractivity contribution >= 4 is 17.9 Å². The Morgan fingerprint density at radius 1 is 1.18 bits per heavy atom. The molecule has 0 aromatic heterocycles. The molecule has 0 fully saturated rings. The minimum atomic E-state index is -0.984. The van der Waals surface area contributed by atoms with Crippen LogP contribution in [0.25, 0.3) is 0 Å². The molecule has 116 valence electrons. The zero-order valence-electron chi connectivity index (χ0n) is 12.8. The lowest BCUT2D eigenvalue weighted by molar-refractivity contribution is 0.0697. The van der Waals surface area contributed by atoms with Crippen LogP contribution < -0.4 is 5.43 Å². The van der Waals surface area contributed by atoms with Crippen LogP contribution in [-0.4, -0.2) is 17.3 Å². The first-order valence-electron chi connectivity index (χ1n) is 6.95. The number of halogens is 1. The van der Waals surface area contributed by atoms with Crippen molar-refractivity contribution in [1.29, 1.82) is 0 Å². The average Bonchev–Trinajstić information content (AvgIpc) is 2.53. The van der Waals surface area contributed by atoms with Gasteiger partial charge in [-0.1, -0.05) is 25.5 Å². The van der Waals surface area contributed by atoms with E-state index in [1.165, 1.54) is 24.4 Å². The topological polar surface area (TPSA) is 61.7 Å². The maximum atomic E-state index is 13.5. The van der Waals surface area contributed by atoms with Gasteiger partial charge < -0.3 is 5.11 Å². The number of hydrogen-bond acceptors (Lipinski definition) is 3. The van der Waals surface area contributed by atoms with Gasteiger partial charge >= 0.3 is 5.97 Å². The first kappa shape index (κ1) is 17.4. The van der Waals surface area contributed by atoms with Gasteiger partial charge in [-0.05, 0) is 43.3 Å². The molecule has 2 rings (SSSR count). The molecule has 5 heteroatoms. The summed E-state index contributed by atoms with van der Waals surface area (Å²) >= 11 is 0. The molecule has 0 amide bonds. The fourth-order valence-electron chi connectivity index (χ4n) is 1.63. The lowest BCUT2D eigenvalue weighted by Gasteiger charge is -2.01. The molecule has 0 aliphatic heterocycles. The molecule has 0 unspecified atom stereocenters. The zero-order chi connectivity index (χ0) is 16.5. The molecule has 22 heavy (non-hydrogen) atoms. The first-order chi connectivity index (χ1) is 10.6. The Labute approximate surface area is 129 Å². The molecule has 0 atom stereocenters. The summed E-state index contributed by atoms with van der Waals surface area (Å²) in [7, 11) is 0. The van der Waals surface area contributed by atoms with Crippen molar-refractivity contribution in [3.05, 3.63) is 65.0 Å². The van der Waals surface area contributed by atoms with Crippen molar-refractivity contribution in [3.8, 4) is 0 Å². The predicted molar refractivity (Wildman–Crippen MR) is 87.1 cm³/mol. The van der Waals surface area contributed by atoms with E-state index in [0.717, 1.165) is 5.56 Å². The Morgan fingerprint density at radius 3 is 2.41 bits per heavy atom. The number of carboxylic acids is 1. The van der Waals surface area contributed by atoms with E-state index in [4.69, 9.17) is 5.11 Å². The molecule has 0 bridgehead atoms. The van der Waals surface area contributed by atoms with Crippen LogP contribution in [0.4, 0.5) is 10.1 Å². The fourth-order valence-corrected chi connectivity index (χ4v) is 1.63. The lowest BCUT2D eigenvalue weighted by atomic mass is 10.1. The second-order valence-electron chi connectivity index (χ2n) is 4.28. The van der Waals surface area contributed by atoms with Crippen LogP contribution in [0.2, 0.25) is 0 Å².